The molecule has 4 aromatic rings. The van der Waals surface area contributed by atoms with Gasteiger partial charge in [0.25, 0.3) is 0 Å². The van der Waals surface area contributed by atoms with E-state index in [1.165, 1.54) is 10.8 Å². The summed E-state index contributed by atoms with van der Waals surface area (Å²) >= 11 is 1.67. The highest BCUT2D eigenvalue weighted by Crippen LogP contribution is 2.33. The van der Waals surface area contributed by atoms with E-state index in [9.17, 15) is 4.79 Å². The summed E-state index contributed by atoms with van der Waals surface area (Å²) in [4.78, 5) is 13.3. The fraction of sp³-hybridized carbons (Fsp3) is 0. The molecule has 3 aromatic carbocycles. The first-order chi connectivity index (χ1) is 10.3. The quantitative estimate of drug-likeness (QED) is 0.477. The van der Waals surface area contributed by atoms with Crippen molar-refractivity contribution in [1.82, 2.24) is 0 Å². The molecule has 0 atom stereocenters. The van der Waals surface area contributed by atoms with E-state index in [4.69, 9.17) is 0 Å². The molecule has 0 spiro atoms. The molecule has 1 aromatic heterocycles. The minimum Gasteiger partial charge on any atom is -0.289 e. The first-order valence-corrected chi connectivity index (χ1v) is 7.65. The summed E-state index contributed by atoms with van der Waals surface area (Å²) in [5.74, 6) is 0. The molecule has 0 saturated heterocycles. The van der Waals surface area contributed by atoms with Gasteiger partial charge in [0.2, 0.25) is 0 Å². The van der Waals surface area contributed by atoms with Crippen LogP contribution in [0.1, 0.15) is 0 Å². The zero-order valence-corrected chi connectivity index (χ0v) is 12.1. The van der Waals surface area contributed by atoms with Crippen molar-refractivity contribution in [2.24, 2.45) is 0 Å². The van der Waals surface area contributed by atoms with Gasteiger partial charge in [-0.25, -0.2) is 0 Å². The molecule has 4 rings (SSSR count). The second-order valence-corrected chi connectivity index (χ2v) is 6.08. The summed E-state index contributed by atoms with van der Waals surface area (Å²) in [6.07, 6.45) is 0. The molecule has 0 aliphatic rings. The monoisotopic (exact) mass is 288 g/mol. The maximum Gasteiger partial charge on any atom is 0.188 e. The molecule has 0 radical (unpaired) electrons. The highest BCUT2D eigenvalue weighted by molar-refractivity contribution is 7.21. The van der Waals surface area contributed by atoms with E-state index in [2.05, 4.69) is 24.3 Å². The van der Waals surface area contributed by atoms with Crippen molar-refractivity contribution in [3.8, 4) is 10.4 Å². The summed E-state index contributed by atoms with van der Waals surface area (Å²) in [6.45, 7) is 0. The average molecular weight is 288 g/mol. The largest absolute Gasteiger partial charge is 0.289 e. The zero-order valence-electron chi connectivity index (χ0n) is 11.2. The van der Waals surface area contributed by atoms with E-state index in [0.717, 1.165) is 20.5 Å². The predicted molar refractivity (Wildman–Crippen MR) is 91.0 cm³/mol. The lowest BCUT2D eigenvalue weighted by Crippen LogP contribution is -1.98. The van der Waals surface area contributed by atoms with Gasteiger partial charge in [0, 0.05) is 21.0 Å². The van der Waals surface area contributed by atoms with E-state index in [1.54, 1.807) is 17.4 Å². The lowest BCUT2D eigenvalue weighted by Gasteiger charge is -2.07. The molecule has 1 heterocycles. The van der Waals surface area contributed by atoms with E-state index in [0.29, 0.717) is 0 Å². The van der Waals surface area contributed by atoms with Gasteiger partial charge in [-0.2, -0.15) is 0 Å². The SMILES string of the molecule is O=c1cc(-c2cccc3ccccc23)sc2ccccc12. The van der Waals surface area contributed by atoms with Crippen LogP contribution in [0.4, 0.5) is 0 Å². The molecular formula is C19H12OS. The van der Waals surface area contributed by atoms with Crippen LogP contribution in [0, 0.1) is 0 Å². The fourth-order valence-electron chi connectivity index (χ4n) is 2.68. The highest BCUT2D eigenvalue weighted by Gasteiger charge is 2.07. The normalized spacial score (nSPS) is 11.0. The molecule has 0 aliphatic carbocycles. The smallest absolute Gasteiger partial charge is 0.188 e. The minimum atomic E-state index is 0.0901. The fourth-order valence-corrected chi connectivity index (χ4v) is 3.79. The lowest BCUT2D eigenvalue weighted by molar-refractivity contribution is 1.68. The summed E-state index contributed by atoms with van der Waals surface area (Å²) < 4.78 is 1.04. The third-order valence-corrected chi connectivity index (χ3v) is 4.82. The van der Waals surface area contributed by atoms with Crippen molar-refractivity contribution >= 4 is 32.2 Å². The topological polar surface area (TPSA) is 17.1 Å². The first-order valence-electron chi connectivity index (χ1n) is 6.84. The van der Waals surface area contributed by atoms with E-state index >= 15 is 0 Å². The number of benzene rings is 3. The zero-order chi connectivity index (χ0) is 14.2. The van der Waals surface area contributed by atoms with E-state index in [1.807, 2.05) is 42.5 Å². The first kappa shape index (κ1) is 12.3. The molecule has 0 amide bonds. The Morgan fingerprint density at radius 3 is 2.33 bits per heavy atom. The van der Waals surface area contributed by atoms with Crippen LogP contribution in [0.2, 0.25) is 0 Å². The molecule has 0 fully saturated rings. The van der Waals surface area contributed by atoms with Crippen LogP contribution in [0.3, 0.4) is 0 Å². The molecule has 1 nitrogen and oxygen atoms in total. The lowest BCUT2D eigenvalue weighted by atomic mass is 10.0. The molecule has 100 valence electrons. The molecule has 0 saturated carbocycles. The average Bonchev–Trinajstić information content (AvgIpc) is 2.54. The summed E-state index contributed by atoms with van der Waals surface area (Å²) in [7, 11) is 0. The van der Waals surface area contributed by atoms with E-state index in [-0.39, 0.29) is 5.43 Å². The van der Waals surface area contributed by atoms with Gasteiger partial charge in [0.15, 0.2) is 5.43 Å². The Labute approximate surface area is 126 Å². The highest BCUT2D eigenvalue weighted by atomic mass is 32.1. The van der Waals surface area contributed by atoms with Crippen LogP contribution < -0.4 is 5.43 Å². The van der Waals surface area contributed by atoms with Gasteiger partial charge in [-0.05, 0) is 28.5 Å². The van der Waals surface area contributed by atoms with Gasteiger partial charge < -0.3 is 0 Å². The second-order valence-electron chi connectivity index (χ2n) is 5.00. The van der Waals surface area contributed by atoms with Crippen molar-refractivity contribution in [3.63, 3.8) is 0 Å². The number of rotatable bonds is 1. The maximum absolute atomic E-state index is 12.3. The molecule has 0 aliphatic heterocycles. The van der Waals surface area contributed by atoms with Crippen molar-refractivity contribution < 1.29 is 0 Å². The molecule has 0 N–H and O–H groups in total. The van der Waals surface area contributed by atoms with Crippen LogP contribution in [-0.2, 0) is 0 Å². The van der Waals surface area contributed by atoms with Crippen LogP contribution >= 0.6 is 11.3 Å². The Morgan fingerprint density at radius 1 is 0.714 bits per heavy atom. The maximum atomic E-state index is 12.3. The van der Waals surface area contributed by atoms with Gasteiger partial charge in [-0.1, -0.05) is 54.6 Å². The van der Waals surface area contributed by atoms with Crippen molar-refractivity contribution in [2.75, 3.05) is 0 Å². The second kappa shape index (κ2) is 4.83. The van der Waals surface area contributed by atoms with Crippen molar-refractivity contribution in [1.29, 1.82) is 0 Å². The minimum absolute atomic E-state index is 0.0901. The Morgan fingerprint density at radius 2 is 1.43 bits per heavy atom. The van der Waals surface area contributed by atoms with Gasteiger partial charge in [0.05, 0.1) is 0 Å². The van der Waals surface area contributed by atoms with Crippen LogP contribution in [0.25, 0.3) is 31.3 Å². The summed E-state index contributed by atoms with van der Waals surface area (Å²) in [5, 5.41) is 3.18. The Kier molecular flexibility index (Phi) is 2.83. The van der Waals surface area contributed by atoms with Crippen LogP contribution in [-0.4, -0.2) is 0 Å². The number of fused-ring (bicyclic) bond motifs is 2. The third-order valence-electron chi connectivity index (χ3n) is 3.69. The standard InChI is InChI=1S/C19H12OS/c20-17-12-19(21-18-11-4-3-9-16(17)18)15-10-5-7-13-6-1-2-8-14(13)15/h1-12H. The van der Waals surface area contributed by atoms with Gasteiger partial charge in [-0.3, -0.25) is 4.79 Å². The molecule has 0 unspecified atom stereocenters. The molecule has 0 bridgehead atoms. The molecule has 2 heteroatoms. The van der Waals surface area contributed by atoms with Gasteiger partial charge in [0.1, 0.15) is 0 Å². The summed E-state index contributed by atoms with van der Waals surface area (Å²) in [6, 6.07) is 24.1. The summed E-state index contributed by atoms with van der Waals surface area (Å²) in [5.41, 5.74) is 1.22. The molecular weight excluding hydrogens is 276 g/mol. The molecule has 21 heavy (non-hydrogen) atoms. The van der Waals surface area contributed by atoms with E-state index < -0.39 is 0 Å². The van der Waals surface area contributed by atoms with Crippen LogP contribution in [0.15, 0.2) is 77.6 Å². The van der Waals surface area contributed by atoms with Crippen molar-refractivity contribution in [3.05, 3.63) is 83.0 Å². The number of hydrogen-bond acceptors (Lipinski definition) is 2. The van der Waals surface area contributed by atoms with Crippen LogP contribution in [0.5, 0.6) is 0 Å². The predicted octanol–water partition coefficient (Wildman–Crippen LogP) is 5.08. The van der Waals surface area contributed by atoms with Gasteiger partial charge >= 0.3 is 0 Å². The third kappa shape index (κ3) is 2.05. The van der Waals surface area contributed by atoms with Crippen molar-refractivity contribution in [2.45, 2.75) is 0 Å². The Hall–Kier alpha value is -2.45. The van der Waals surface area contributed by atoms with Gasteiger partial charge in [-0.15, -0.1) is 11.3 Å². The Bertz CT molecular complexity index is 1010. The number of hydrogen-bond donors (Lipinski definition) is 0. The Balaban J connectivity index is 2.07.